The fourth-order valence-electron chi connectivity index (χ4n) is 4.04. The van der Waals surface area contributed by atoms with Gasteiger partial charge in [0.05, 0.1) is 31.1 Å². The summed E-state index contributed by atoms with van der Waals surface area (Å²) in [4.78, 5) is 36.4. The minimum Gasteiger partial charge on any atom is -0.489 e. The molecule has 0 atom stereocenters. The van der Waals surface area contributed by atoms with Gasteiger partial charge in [-0.05, 0) is 24.3 Å². The Hall–Kier alpha value is -3.21. The highest BCUT2D eigenvalue weighted by Gasteiger charge is 2.27. The van der Waals surface area contributed by atoms with Crippen LogP contribution in [0.25, 0.3) is 0 Å². The second-order valence-electron chi connectivity index (χ2n) is 8.15. The first kappa shape index (κ1) is 23.9. The molecule has 0 saturated carbocycles. The summed E-state index contributed by atoms with van der Waals surface area (Å²) in [6.07, 6.45) is 1.62. The predicted molar refractivity (Wildman–Crippen MR) is 126 cm³/mol. The largest absolute Gasteiger partial charge is 0.489 e. The molecule has 1 saturated heterocycles. The van der Waals surface area contributed by atoms with Crippen molar-refractivity contribution in [2.75, 3.05) is 77.6 Å². The number of nitrogens with one attached hydrogen (secondary N) is 1. The number of anilines is 2. The maximum Gasteiger partial charge on any atom is 0.258 e. The number of β-amino-alcohol motifs (C(OH)–C–C–N with tert-alkyl or cyclic N) is 1. The van der Waals surface area contributed by atoms with E-state index in [0.29, 0.717) is 68.8 Å². The standard InChI is InChI=1S/C24H31N5O5/c30-14-12-27-8-10-28(11-9-27)22(31)18-29-13-15-33-16-17-34-21-6-2-1-5-20(21)26-23-19(24(29)32)4-3-7-25-23/h1-7,30H,8-18H2,(H,25,26). The number of nitrogens with zero attached hydrogens (tertiary/aromatic N) is 4. The summed E-state index contributed by atoms with van der Waals surface area (Å²) in [5.41, 5.74) is 1.06. The number of fused-ring (bicyclic) bond motifs is 2. The number of hydrogen-bond donors (Lipinski definition) is 2. The van der Waals surface area contributed by atoms with Gasteiger partial charge in [0.15, 0.2) is 0 Å². The molecule has 0 unspecified atom stereocenters. The van der Waals surface area contributed by atoms with Crippen LogP contribution in [-0.4, -0.2) is 109 Å². The summed E-state index contributed by atoms with van der Waals surface area (Å²) in [6, 6.07) is 10.9. The van der Waals surface area contributed by atoms with E-state index in [4.69, 9.17) is 14.6 Å². The Balaban J connectivity index is 1.52. The maximum atomic E-state index is 13.6. The minimum atomic E-state index is -0.288. The second kappa shape index (κ2) is 11.8. The molecule has 0 bridgehead atoms. The van der Waals surface area contributed by atoms with Gasteiger partial charge in [-0.25, -0.2) is 4.98 Å². The van der Waals surface area contributed by atoms with Gasteiger partial charge in [0, 0.05) is 45.5 Å². The number of amides is 2. The molecule has 10 heteroatoms. The van der Waals surface area contributed by atoms with Crippen molar-refractivity contribution in [3.8, 4) is 5.75 Å². The van der Waals surface area contributed by atoms with Crippen LogP contribution >= 0.6 is 0 Å². The zero-order chi connectivity index (χ0) is 23.8. The van der Waals surface area contributed by atoms with Crippen LogP contribution in [0.5, 0.6) is 5.75 Å². The van der Waals surface area contributed by atoms with Crippen molar-refractivity contribution in [2.24, 2.45) is 0 Å². The summed E-state index contributed by atoms with van der Waals surface area (Å²) < 4.78 is 11.5. The topological polar surface area (TPSA) is 107 Å². The molecule has 0 aliphatic carbocycles. The van der Waals surface area contributed by atoms with E-state index in [0.717, 1.165) is 0 Å². The molecular weight excluding hydrogens is 438 g/mol. The number of aliphatic hydroxyl groups excluding tert-OH is 1. The van der Waals surface area contributed by atoms with Crippen molar-refractivity contribution in [3.63, 3.8) is 0 Å². The Morgan fingerprint density at radius 2 is 1.85 bits per heavy atom. The average molecular weight is 470 g/mol. The van der Waals surface area contributed by atoms with Gasteiger partial charge in [-0.2, -0.15) is 0 Å². The number of rotatable bonds is 4. The molecule has 0 radical (unpaired) electrons. The Morgan fingerprint density at radius 1 is 1.03 bits per heavy atom. The molecular formula is C24H31N5O5. The Kier molecular flexibility index (Phi) is 8.29. The van der Waals surface area contributed by atoms with Crippen LogP contribution in [0, 0.1) is 0 Å². The zero-order valence-corrected chi connectivity index (χ0v) is 19.2. The van der Waals surface area contributed by atoms with Crippen molar-refractivity contribution >= 4 is 23.3 Å². The normalized spacial score (nSPS) is 17.9. The zero-order valence-electron chi connectivity index (χ0n) is 19.2. The number of para-hydroxylation sites is 2. The smallest absolute Gasteiger partial charge is 0.258 e. The number of piperazine rings is 1. The first-order valence-corrected chi connectivity index (χ1v) is 11.6. The van der Waals surface area contributed by atoms with Crippen LogP contribution in [0.4, 0.5) is 11.5 Å². The Morgan fingerprint density at radius 3 is 2.68 bits per heavy atom. The molecule has 1 fully saturated rings. The Labute approximate surface area is 199 Å². The number of carbonyl (C=O) groups excluding carboxylic acids is 2. The van der Waals surface area contributed by atoms with Crippen LogP contribution in [0.2, 0.25) is 0 Å². The van der Waals surface area contributed by atoms with E-state index in [9.17, 15) is 9.59 Å². The van der Waals surface area contributed by atoms with Crippen molar-refractivity contribution in [2.45, 2.75) is 0 Å². The van der Waals surface area contributed by atoms with E-state index in [-0.39, 0.29) is 38.1 Å². The molecule has 2 aliphatic heterocycles. The molecule has 1 aromatic heterocycles. The minimum absolute atomic E-state index is 0.0381. The molecule has 34 heavy (non-hydrogen) atoms. The van der Waals surface area contributed by atoms with Crippen molar-refractivity contribution in [1.82, 2.24) is 19.7 Å². The highest BCUT2D eigenvalue weighted by Crippen LogP contribution is 2.28. The van der Waals surface area contributed by atoms with E-state index < -0.39 is 0 Å². The number of pyridine rings is 1. The van der Waals surface area contributed by atoms with Crippen LogP contribution < -0.4 is 10.1 Å². The third-order valence-corrected chi connectivity index (χ3v) is 5.92. The van der Waals surface area contributed by atoms with Crippen LogP contribution in [0.3, 0.4) is 0 Å². The van der Waals surface area contributed by atoms with Gasteiger partial charge in [0.2, 0.25) is 5.91 Å². The quantitative estimate of drug-likeness (QED) is 0.678. The van der Waals surface area contributed by atoms with E-state index in [2.05, 4.69) is 15.2 Å². The molecule has 0 spiro atoms. The van der Waals surface area contributed by atoms with E-state index in [1.165, 1.54) is 4.90 Å². The van der Waals surface area contributed by atoms with Crippen molar-refractivity contribution < 1.29 is 24.2 Å². The summed E-state index contributed by atoms with van der Waals surface area (Å²) >= 11 is 0. The lowest BCUT2D eigenvalue weighted by molar-refractivity contribution is -0.133. The molecule has 4 rings (SSSR count). The number of hydrogen-bond acceptors (Lipinski definition) is 8. The van der Waals surface area contributed by atoms with Gasteiger partial charge in [-0.15, -0.1) is 0 Å². The summed E-state index contributed by atoms with van der Waals surface area (Å²) in [5.74, 6) is 0.651. The third kappa shape index (κ3) is 6.02. The molecule has 2 aromatic rings. The Bertz CT molecular complexity index is 980. The van der Waals surface area contributed by atoms with Crippen molar-refractivity contribution in [1.29, 1.82) is 0 Å². The molecule has 10 nitrogen and oxygen atoms in total. The van der Waals surface area contributed by atoms with E-state index in [1.807, 2.05) is 24.3 Å². The lowest BCUT2D eigenvalue weighted by Crippen LogP contribution is -2.52. The van der Waals surface area contributed by atoms with Gasteiger partial charge in [-0.1, -0.05) is 12.1 Å². The van der Waals surface area contributed by atoms with Crippen LogP contribution in [-0.2, 0) is 9.53 Å². The molecule has 3 heterocycles. The van der Waals surface area contributed by atoms with Gasteiger partial charge < -0.3 is 29.7 Å². The lowest BCUT2D eigenvalue weighted by atomic mass is 10.2. The molecule has 2 aliphatic rings. The number of ether oxygens (including phenoxy) is 2. The fourth-order valence-corrected chi connectivity index (χ4v) is 4.04. The molecule has 2 N–H and O–H groups in total. The monoisotopic (exact) mass is 469 g/mol. The SMILES string of the molecule is O=C(CN1CCOCCOc2ccccc2Nc2ncccc2C1=O)N1CCN(CCO)CC1. The third-order valence-electron chi connectivity index (χ3n) is 5.92. The predicted octanol–water partition coefficient (Wildman–Crippen LogP) is 0.813. The lowest BCUT2D eigenvalue weighted by Gasteiger charge is -2.35. The molecule has 1 aromatic carbocycles. The molecule has 2 amide bonds. The molecule has 182 valence electrons. The van der Waals surface area contributed by atoms with Crippen LogP contribution in [0.15, 0.2) is 42.6 Å². The first-order chi connectivity index (χ1) is 16.7. The first-order valence-electron chi connectivity index (χ1n) is 11.6. The fraction of sp³-hybridized carbons (Fsp3) is 0.458. The summed E-state index contributed by atoms with van der Waals surface area (Å²) in [7, 11) is 0. The van der Waals surface area contributed by atoms with Gasteiger partial charge in [-0.3, -0.25) is 14.5 Å². The second-order valence-corrected chi connectivity index (χ2v) is 8.15. The van der Waals surface area contributed by atoms with Crippen molar-refractivity contribution in [3.05, 3.63) is 48.2 Å². The highest BCUT2D eigenvalue weighted by atomic mass is 16.5. The number of aromatic nitrogens is 1. The highest BCUT2D eigenvalue weighted by molar-refractivity contribution is 6.01. The van der Waals surface area contributed by atoms with Gasteiger partial charge >= 0.3 is 0 Å². The number of benzene rings is 1. The maximum absolute atomic E-state index is 13.6. The van der Waals surface area contributed by atoms with E-state index >= 15 is 0 Å². The summed E-state index contributed by atoms with van der Waals surface area (Å²) in [6.45, 7) is 4.52. The van der Waals surface area contributed by atoms with Gasteiger partial charge in [0.1, 0.15) is 24.7 Å². The van der Waals surface area contributed by atoms with Gasteiger partial charge in [0.25, 0.3) is 5.91 Å². The van der Waals surface area contributed by atoms with E-state index in [1.54, 1.807) is 23.2 Å². The number of carbonyl (C=O) groups is 2. The van der Waals surface area contributed by atoms with Crippen LogP contribution in [0.1, 0.15) is 10.4 Å². The number of aliphatic hydroxyl groups is 1. The summed E-state index contributed by atoms with van der Waals surface area (Å²) in [5, 5.41) is 12.3. The average Bonchev–Trinajstić information content (AvgIpc) is 2.87.